The van der Waals surface area contributed by atoms with Gasteiger partial charge < -0.3 is 10.2 Å². The first-order valence-corrected chi connectivity index (χ1v) is 16.0. The fourth-order valence-electron chi connectivity index (χ4n) is 4.55. The van der Waals surface area contributed by atoms with Crippen LogP contribution in [0.5, 0.6) is 0 Å². The average molecular weight is 596 g/mol. The Labute approximate surface area is 249 Å². The zero-order valence-corrected chi connectivity index (χ0v) is 26.1. The van der Waals surface area contributed by atoms with Crippen molar-refractivity contribution in [2.45, 2.75) is 71.5 Å². The van der Waals surface area contributed by atoms with E-state index < -0.39 is 40.2 Å². The smallest absolute Gasteiger partial charge is 0.244 e. The minimum absolute atomic E-state index is 0.144. The molecule has 0 unspecified atom stereocenters. The van der Waals surface area contributed by atoms with Crippen LogP contribution < -0.4 is 9.62 Å². The van der Waals surface area contributed by atoms with Crippen LogP contribution >= 0.6 is 0 Å². The van der Waals surface area contributed by atoms with Crippen molar-refractivity contribution < 1.29 is 22.4 Å². The average Bonchev–Trinajstić information content (AvgIpc) is 2.93. The number of amides is 2. The van der Waals surface area contributed by atoms with Gasteiger partial charge in [-0.25, -0.2) is 12.8 Å². The molecule has 0 aliphatic carbocycles. The lowest BCUT2D eigenvalue weighted by Gasteiger charge is -2.34. The molecule has 3 aromatic rings. The molecule has 0 aliphatic heterocycles. The van der Waals surface area contributed by atoms with Crippen molar-refractivity contribution in [3.05, 3.63) is 101 Å². The number of sulfonamides is 1. The van der Waals surface area contributed by atoms with E-state index in [9.17, 15) is 22.4 Å². The number of benzene rings is 3. The number of hydrogen-bond donors (Lipinski definition) is 1. The van der Waals surface area contributed by atoms with E-state index in [1.54, 1.807) is 30.3 Å². The molecule has 226 valence electrons. The van der Waals surface area contributed by atoms with E-state index in [0.29, 0.717) is 12.1 Å². The lowest BCUT2D eigenvalue weighted by molar-refractivity contribution is -0.140. The van der Waals surface area contributed by atoms with Gasteiger partial charge in [-0.3, -0.25) is 13.9 Å². The molecule has 0 spiro atoms. The van der Waals surface area contributed by atoms with Crippen LogP contribution in [0.4, 0.5) is 10.1 Å². The van der Waals surface area contributed by atoms with E-state index in [4.69, 9.17) is 0 Å². The van der Waals surface area contributed by atoms with Gasteiger partial charge >= 0.3 is 0 Å². The van der Waals surface area contributed by atoms with Gasteiger partial charge in [-0.2, -0.15) is 0 Å². The van der Waals surface area contributed by atoms with Crippen molar-refractivity contribution >= 4 is 27.5 Å². The van der Waals surface area contributed by atoms with E-state index in [1.807, 2.05) is 56.3 Å². The molecular formula is C33H42FN3O4S. The molecule has 0 heterocycles. The largest absolute Gasteiger partial charge is 0.352 e. The van der Waals surface area contributed by atoms with Crippen molar-refractivity contribution in [2.75, 3.05) is 17.1 Å². The second-order valence-electron chi connectivity index (χ2n) is 11.7. The monoisotopic (exact) mass is 595 g/mol. The molecule has 0 fully saturated rings. The summed E-state index contributed by atoms with van der Waals surface area (Å²) in [5, 5.41) is 2.96. The van der Waals surface area contributed by atoms with Crippen LogP contribution in [0.15, 0.2) is 78.9 Å². The third-order valence-corrected chi connectivity index (χ3v) is 8.41. The Morgan fingerprint density at radius 2 is 1.52 bits per heavy atom. The molecular weight excluding hydrogens is 553 g/mol. The first-order valence-electron chi connectivity index (χ1n) is 14.2. The van der Waals surface area contributed by atoms with Gasteiger partial charge in [0.25, 0.3) is 0 Å². The molecule has 3 aromatic carbocycles. The number of rotatable bonds is 12. The standard InChI is InChI=1S/C33H42FN3O4S/c1-7-24(2)35-32(39)30(21-25-13-9-8-10-14-25)36(22-26-15-11-12-16-29(26)34)31(38)23-37(42(6,40)41)28-19-17-27(18-20-28)33(3,4)5/h8-20,24,30H,7,21-23H2,1-6H3,(H,35,39)/t24-,30-/m0/s1. The number of carbonyl (C=O) groups is 2. The molecule has 7 nitrogen and oxygen atoms in total. The summed E-state index contributed by atoms with van der Waals surface area (Å²) in [6.07, 6.45) is 1.89. The fourth-order valence-corrected chi connectivity index (χ4v) is 5.40. The van der Waals surface area contributed by atoms with Gasteiger partial charge in [0.2, 0.25) is 21.8 Å². The zero-order chi connectivity index (χ0) is 31.1. The van der Waals surface area contributed by atoms with Crippen molar-refractivity contribution in [1.29, 1.82) is 0 Å². The summed E-state index contributed by atoms with van der Waals surface area (Å²) in [6.45, 7) is 9.20. The molecule has 3 rings (SSSR count). The number of hydrogen-bond acceptors (Lipinski definition) is 4. The van der Waals surface area contributed by atoms with Gasteiger partial charge in [0.05, 0.1) is 11.9 Å². The lowest BCUT2D eigenvalue weighted by Crippen LogP contribution is -2.54. The van der Waals surface area contributed by atoms with Crippen molar-refractivity contribution in [3.63, 3.8) is 0 Å². The summed E-state index contributed by atoms with van der Waals surface area (Å²) in [5.41, 5.74) is 2.23. The van der Waals surface area contributed by atoms with Crippen LogP contribution in [0, 0.1) is 5.82 Å². The minimum atomic E-state index is -3.89. The molecule has 0 saturated heterocycles. The second kappa shape index (κ2) is 14.0. The van der Waals surface area contributed by atoms with Gasteiger partial charge in [-0.1, -0.05) is 88.4 Å². The van der Waals surface area contributed by atoms with E-state index in [2.05, 4.69) is 26.1 Å². The maximum Gasteiger partial charge on any atom is 0.244 e. The zero-order valence-electron chi connectivity index (χ0n) is 25.3. The Morgan fingerprint density at radius 3 is 2.07 bits per heavy atom. The predicted molar refractivity (Wildman–Crippen MR) is 166 cm³/mol. The summed E-state index contributed by atoms with van der Waals surface area (Å²) in [5.74, 6) is -1.53. The van der Waals surface area contributed by atoms with Crippen LogP contribution in [0.3, 0.4) is 0 Å². The lowest BCUT2D eigenvalue weighted by atomic mass is 9.87. The Bertz CT molecular complexity index is 1450. The van der Waals surface area contributed by atoms with Crippen LogP contribution in [0.2, 0.25) is 0 Å². The number of nitrogens with zero attached hydrogens (tertiary/aromatic N) is 2. The molecule has 2 atom stereocenters. The van der Waals surface area contributed by atoms with Crippen molar-refractivity contribution in [1.82, 2.24) is 10.2 Å². The van der Waals surface area contributed by atoms with E-state index >= 15 is 0 Å². The Kier molecular flexibility index (Phi) is 10.9. The van der Waals surface area contributed by atoms with Crippen LogP contribution in [-0.4, -0.2) is 50.0 Å². The highest BCUT2D eigenvalue weighted by atomic mass is 32.2. The third kappa shape index (κ3) is 8.89. The van der Waals surface area contributed by atoms with Crippen LogP contribution in [0.25, 0.3) is 0 Å². The highest BCUT2D eigenvalue weighted by Gasteiger charge is 2.34. The Morgan fingerprint density at radius 1 is 0.929 bits per heavy atom. The molecule has 0 aliphatic rings. The first kappa shape index (κ1) is 32.8. The van der Waals surface area contributed by atoms with Crippen molar-refractivity contribution in [3.8, 4) is 0 Å². The third-order valence-electron chi connectivity index (χ3n) is 7.27. The highest BCUT2D eigenvalue weighted by molar-refractivity contribution is 7.92. The van der Waals surface area contributed by atoms with Gasteiger partial charge in [-0.15, -0.1) is 0 Å². The van der Waals surface area contributed by atoms with E-state index in [-0.39, 0.29) is 30.0 Å². The topological polar surface area (TPSA) is 86.8 Å². The van der Waals surface area contributed by atoms with Crippen LogP contribution in [0.1, 0.15) is 57.7 Å². The molecule has 0 radical (unpaired) electrons. The van der Waals surface area contributed by atoms with Gasteiger partial charge in [0.15, 0.2) is 0 Å². The molecule has 0 bridgehead atoms. The minimum Gasteiger partial charge on any atom is -0.352 e. The summed E-state index contributed by atoms with van der Waals surface area (Å²) in [4.78, 5) is 29.1. The summed E-state index contributed by atoms with van der Waals surface area (Å²) in [7, 11) is -3.89. The maximum absolute atomic E-state index is 14.9. The van der Waals surface area contributed by atoms with Gasteiger partial charge in [0, 0.05) is 24.6 Å². The van der Waals surface area contributed by atoms with Crippen molar-refractivity contribution in [2.24, 2.45) is 0 Å². The van der Waals surface area contributed by atoms with E-state index in [0.717, 1.165) is 21.7 Å². The highest BCUT2D eigenvalue weighted by Crippen LogP contribution is 2.26. The van der Waals surface area contributed by atoms with Gasteiger partial charge in [-0.05, 0) is 48.1 Å². The number of nitrogens with one attached hydrogen (secondary N) is 1. The number of halogens is 1. The van der Waals surface area contributed by atoms with Gasteiger partial charge in [0.1, 0.15) is 18.4 Å². The van der Waals surface area contributed by atoms with Crippen LogP contribution in [-0.2, 0) is 38.0 Å². The Hall–Kier alpha value is -3.72. The fraction of sp³-hybridized carbons (Fsp3) is 0.394. The summed E-state index contributed by atoms with van der Waals surface area (Å²) in [6, 6.07) is 21.2. The molecule has 0 aromatic heterocycles. The molecule has 0 saturated carbocycles. The molecule has 2 amide bonds. The van der Waals surface area contributed by atoms with E-state index in [1.165, 1.54) is 11.0 Å². The first-order chi connectivity index (χ1) is 19.7. The second-order valence-corrected chi connectivity index (χ2v) is 13.6. The summed E-state index contributed by atoms with van der Waals surface area (Å²) >= 11 is 0. The molecule has 1 N–H and O–H groups in total. The molecule has 9 heteroatoms. The SMILES string of the molecule is CC[C@H](C)NC(=O)[C@H](Cc1ccccc1)N(Cc1ccccc1F)C(=O)CN(c1ccc(C(C)(C)C)cc1)S(C)(=O)=O. The number of carbonyl (C=O) groups excluding carboxylic acids is 2. The quantitative estimate of drug-likeness (QED) is 0.302. The molecule has 42 heavy (non-hydrogen) atoms. The maximum atomic E-state index is 14.9. The predicted octanol–water partition coefficient (Wildman–Crippen LogP) is 5.44. The normalized spacial score (nSPS) is 13.2. The number of anilines is 1. The Balaban J connectivity index is 2.07. The summed E-state index contributed by atoms with van der Waals surface area (Å²) < 4.78 is 41.9.